The molecular weight excluding hydrogens is 387 g/mol. The van der Waals surface area contributed by atoms with E-state index in [0.29, 0.717) is 5.56 Å². The molecule has 1 aliphatic heterocycles. The van der Waals surface area contributed by atoms with E-state index in [1.807, 2.05) is 0 Å². The van der Waals surface area contributed by atoms with E-state index < -0.39 is 19.2 Å². The standard InChI is InChI=1S/C15H18BrO6P/c1-3-20-23(19,21-4-2)14-10-7-5-6-8-12(10)22-15(18)13(14)11(17)9-16/h5-8,14,17H,3-4,9H2,1-2H3/b13-11+/t14-/m1/s1. The van der Waals surface area contributed by atoms with Crippen LogP contribution in [0.3, 0.4) is 0 Å². The summed E-state index contributed by atoms with van der Waals surface area (Å²) >= 11 is 3.10. The van der Waals surface area contributed by atoms with Crippen molar-refractivity contribution in [2.24, 2.45) is 0 Å². The lowest BCUT2D eigenvalue weighted by atomic mass is 10.00. The van der Waals surface area contributed by atoms with Crippen molar-refractivity contribution in [2.45, 2.75) is 19.5 Å². The molecule has 0 bridgehead atoms. The summed E-state index contributed by atoms with van der Waals surface area (Å²) in [5.41, 5.74) is -0.650. The summed E-state index contributed by atoms with van der Waals surface area (Å²) in [6, 6.07) is 6.72. The second kappa shape index (κ2) is 7.62. The summed E-state index contributed by atoms with van der Waals surface area (Å²) in [7, 11) is -3.73. The largest absolute Gasteiger partial charge is 0.511 e. The zero-order valence-corrected chi connectivity index (χ0v) is 15.3. The van der Waals surface area contributed by atoms with Crippen LogP contribution in [0.25, 0.3) is 0 Å². The first-order valence-electron chi connectivity index (χ1n) is 7.16. The molecule has 1 atom stereocenters. The summed E-state index contributed by atoms with van der Waals surface area (Å²) in [6.45, 7) is 3.67. The van der Waals surface area contributed by atoms with E-state index in [4.69, 9.17) is 13.8 Å². The molecule has 0 saturated heterocycles. The van der Waals surface area contributed by atoms with Crippen LogP contribution >= 0.6 is 23.5 Å². The van der Waals surface area contributed by atoms with Gasteiger partial charge < -0.3 is 18.9 Å². The molecule has 23 heavy (non-hydrogen) atoms. The van der Waals surface area contributed by atoms with Crippen LogP contribution in [-0.4, -0.2) is 29.6 Å². The number of carbonyl (C=O) groups is 1. The third-order valence-corrected chi connectivity index (χ3v) is 6.22. The molecule has 1 N–H and O–H groups in total. The molecule has 2 rings (SSSR count). The van der Waals surface area contributed by atoms with E-state index in [-0.39, 0.29) is 35.6 Å². The molecular formula is C15H18BrO6P. The number of carbonyl (C=O) groups excluding carboxylic acids is 1. The van der Waals surface area contributed by atoms with E-state index in [1.54, 1.807) is 38.1 Å². The fourth-order valence-corrected chi connectivity index (χ4v) is 4.96. The van der Waals surface area contributed by atoms with Gasteiger partial charge in [0.05, 0.1) is 24.1 Å². The molecule has 0 spiro atoms. The SMILES string of the molecule is CCOP(=O)(OCC)[C@H]1/C(=C(\O)CBr)C(=O)Oc2ccccc21. The number of para-hydroxylation sites is 1. The first-order chi connectivity index (χ1) is 11.0. The van der Waals surface area contributed by atoms with Crippen LogP contribution in [-0.2, 0) is 18.4 Å². The van der Waals surface area contributed by atoms with Crippen LogP contribution in [0.2, 0.25) is 0 Å². The molecule has 0 aliphatic carbocycles. The molecule has 0 aromatic heterocycles. The molecule has 1 heterocycles. The number of hydrogen-bond acceptors (Lipinski definition) is 6. The quantitative estimate of drug-likeness (QED) is 0.192. The first kappa shape index (κ1) is 18.2. The average molecular weight is 405 g/mol. The number of ether oxygens (including phenoxy) is 1. The van der Waals surface area contributed by atoms with Gasteiger partial charge in [-0.2, -0.15) is 0 Å². The Morgan fingerprint density at radius 2 is 1.91 bits per heavy atom. The Labute approximate surface area is 143 Å². The summed E-state index contributed by atoms with van der Waals surface area (Å²) in [6.07, 6.45) is 0. The van der Waals surface area contributed by atoms with Crippen LogP contribution < -0.4 is 4.74 Å². The van der Waals surface area contributed by atoms with Crippen molar-refractivity contribution in [3.8, 4) is 5.75 Å². The highest BCUT2D eigenvalue weighted by molar-refractivity contribution is 9.09. The molecule has 0 fully saturated rings. The number of aliphatic hydroxyl groups excluding tert-OH is 1. The molecule has 0 unspecified atom stereocenters. The molecule has 1 aromatic rings. The lowest BCUT2D eigenvalue weighted by Gasteiger charge is -2.32. The smallest absolute Gasteiger partial charge is 0.344 e. The van der Waals surface area contributed by atoms with Gasteiger partial charge in [0.15, 0.2) is 0 Å². The normalized spacial score (nSPS) is 20.0. The van der Waals surface area contributed by atoms with E-state index in [0.717, 1.165) is 0 Å². The Balaban J connectivity index is 2.71. The van der Waals surface area contributed by atoms with Crippen molar-refractivity contribution in [1.82, 2.24) is 0 Å². The molecule has 0 saturated carbocycles. The monoisotopic (exact) mass is 404 g/mol. The molecule has 8 heteroatoms. The van der Waals surface area contributed by atoms with Crippen LogP contribution in [0.15, 0.2) is 35.6 Å². The topological polar surface area (TPSA) is 82.1 Å². The zero-order valence-electron chi connectivity index (χ0n) is 12.8. The van der Waals surface area contributed by atoms with Crippen molar-refractivity contribution >= 4 is 29.5 Å². The molecule has 1 aliphatic rings. The number of halogens is 1. The Morgan fingerprint density at radius 3 is 2.48 bits per heavy atom. The van der Waals surface area contributed by atoms with Crippen molar-refractivity contribution in [3.05, 3.63) is 41.2 Å². The number of allylic oxidation sites excluding steroid dienone is 1. The van der Waals surface area contributed by atoms with Gasteiger partial charge in [-0.1, -0.05) is 34.1 Å². The molecule has 0 radical (unpaired) electrons. The molecule has 1 aromatic carbocycles. The van der Waals surface area contributed by atoms with Gasteiger partial charge in [-0.25, -0.2) is 4.79 Å². The second-order valence-electron chi connectivity index (χ2n) is 4.70. The maximum absolute atomic E-state index is 13.3. The Hall–Kier alpha value is -1.14. The van der Waals surface area contributed by atoms with Crippen molar-refractivity contribution < 1.29 is 28.3 Å². The highest BCUT2D eigenvalue weighted by Crippen LogP contribution is 2.66. The average Bonchev–Trinajstić information content (AvgIpc) is 2.53. The van der Waals surface area contributed by atoms with Gasteiger partial charge in [0, 0.05) is 5.56 Å². The van der Waals surface area contributed by atoms with Crippen LogP contribution in [0.1, 0.15) is 25.1 Å². The van der Waals surface area contributed by atoms with Crippen LogP contribution in [0.5, 0.6) is 5.75 Å². The lowest BCUT2D eigenvalue weighted by Crippen LogP contribution is -2.27. The van der Waals surface area contributed by atoms with Gasteiger partial charge >= 0.3 is 13.6 Å². The third-order valence-electron chi connectivity index (χ3n) is 3.28. The number of rotatable bonds is 6. The summed E-state index contributed by atoms with van der Waals surface area (Å²) < 4.78 is 29.3. The van der Waals surface area contributed by atoms with Gasteiger partial charge in [-0.05, 0) is 19.9 Å². The van der Waals surface area contributed by atoms with Crippen LogP contribution in [0.4, 0.5) is 0 Å². The van der Waals surface area contributed by atoms with Gasteiger partial charge in [0.25, 0.3) is 0 Å². The second-order valence-corrected chi connectivity index (χ2v) is 7.37. The Bertz CT molecular complexity index is 662. The minimum Gasteiger partial charge on any atom is -0.511 e. The fraction of sp³-hybridized carbons (Fsp3) is 0.400. The van der Waals surface area contributed by atoms with Gasteiger partial charge in [0.2, 0.25) is 0 Å². The number of alkyl halides is 1. The predicted octanol–water partition coefficient (Wildman–Crippen LogP) is 4.12. The van der Waals surface area contributed by atoms with Crippen molar-refractivity contribution in [2.75, 3.05) is 18.5 Å². The maximum Gasteiger partial charge on any atom is 0.344 e. The molecule has 6 nitrogen and oxygen atoms in total. The Kier molecular flexibility index (Phi) is 6.03. The summed E-state index contributed by atoms with van der Waals surface area (Å²) in [5, 5.41) is 10.2. The van der Waals surface area contributed by atoms with Gasteiger partial charge in [-0.15, -0.1) is 0 Å². The van der Waals surface area contributed by atoms with Gasteiger partial charge in [-0.3, -0.25) is 4.57 Å². The van der Waals surface area contributed by atoms with Crippen molar-refractivity contribution in [1.29, 1.82) is 0 Å². The summed E-state index contributed by atoms with van der Waals surface area (Å²) in [5.74, 6) is -0.729. The minimum absolute atomic E-state index is 0.0222. The van der Waals surface area contributed by atoms with Gasteiger partial charge in [0.1, 0.15) is 17.2 Å². The lowest BCUT2D eigenvalue weighted by molar-refractivity contribution is -0.131. The summed E-state index contributed by atoms with van der Waals surface area (Å²) in [4.78, 5) is 12.3. The van der Waals surface area contributed by atoms with E-state index in [1.165, 1.54) is 0 Å². The number of aliphatic hydroxyl groups is 1. The van der Waals surface area contributed by atoms with Crippen molar-refractivity contribution in [3.63, 3.8) is 0 Å². The molecule has 126 valence electrons. The predicted molar refractivity (Wildman–Crippen MR) is 89.1 cm³/mol. The number of fused-ring (bicyclic) bond motifs is 1. The first-order valence-corrected chi connectivity index (χ1v) is 9.89. The minimum atomic E-state index is -3.73. The highest BCUT2D eigenvalue weighted by atomic mass is 79.9. The Morgan fingerprint density at radius 1 is 1.30 bits per heavy atom. The highest BCUT2D eigenvalue weighted by Gasteiger charge is 2.48. The fourth-order valence-electron chi connectivity index (χ4n) is 2.44. The van der Waals surface area contributed by atoms with E-state index >= 15 is 0 Å². The van der Waals surface area contributed by atoms with E-state index in [2.05, 4.69) is 15.9 Å². The zero-order chi connectivity index (χ0) is 17.0. The maximum atomic E-state index is 13.3. The van der Waals surface area contributed by atoms with Crippen LogP contribution in [0, 0.1) is 0 Å². The number of esters is 1. The molecule has 0 amide bonds. The third kappa shape index (κ3) is 3.53. The number of benzene rings is 1. The number of hydrogen-bond donors (Lipinski definition) is 1. The van der Waals surface area contributed by atoms with E-state index in [9.17, 15) is 14.5 Å².